The fraction of sp³-hybridized carbons (Fsp3) is 0.333. The Morgan fingerprint density at radius 2 is 2.05 bits per heavy atom. The van der Waals surface area contributed by atoms with Crippen LogP contribution in [0.3, 0.4) is 0 Å². The molecule has 0 atom stereocenters. The van der Waals surface area contributed by atoms with E-state index in [0.29, 0.717) is 16.8 Å². The van der Waals surface area contributed by atoms with Crippen molar-refractivity contribution in [2.24, 2.45) is 0 Å². The summed E-state index contributed by atoms with van der Waals surface area (Å²) in [6.07, 6.45) is 0.890. The summed E-state index contributed by atoms with van der Waals surface area (Å²) in [5.41, 5.74) is 0. The van der Waals surface area contributed by atoms with Gasteiger partial charge in [-0.25, -0.2) is 0 Å². The lowest BCUT2D eigenvalue weighted by atomic mass is 10.2. The van der Waals surface area contributed by atoms with Crippen LogP contribution >= 0.6 is 11.3 Å². The molecule has 4 nitrogen and oxygen atoms in total. The summed E-state index contributed by atoms with van der Waals surface area (Å²) in [6, 6.07) is 9.12. The second kappa shape index (κ2) is 6.63. The van der Waals surface area contributed by atoms with E-state index in [2.05, 4.69) is 10.2 Å². The first-order valence-electron chi connectivity index (χ1n) is 6.54. The zero-order chi connectivity index (χ0) is 14.5. The molecule has 0 fully saturated rings. The molecule has 2 aromatic rings. The van der Waals surface area contributed by atoms with E-state index in [-0.39, 0.29) is 10.6 Å². The van der Waals surface area contributed by atoms with Gasteiger partial charge >= 0.3 is 0 Å². The summed E-state index contributed by atoms with van der Waals surface area (Å²) in [6.45, 7) is 1.54. The first kappa shape index (κ1) is 14.7. The molecule has 0 unspecified atom stereocenters. The second-order valence-corrected chi connectivity index (χ2v) is 5.91. The van der Waals surface area contributed by atoms with Crippen LogP contribution in [0.5, 0.6) is 0 Å². The van der Waals surface area contributed by atoms with Crippen molar-refractivity contribution in [3.8, 4) is 0 Å². The van der Waals surface area contributed by atoms with Gasteiger partial charge in [0.2, 0.25) is 4.74 Å². The van der Waals surface area contributed by atoms with E-state index < -0.39 is 0 Å². The highest BCUT2D eigenvalue weighted by Gasteiger charge is 2.09. The maximum Gasteiger partial charge on any atom is 0.261 e. The van der Waals surface area contributed by atoms with E-state index in [1.807, 2.05) is 32.3 Å². The first-order chi connectivity index (χ1) is 9.58. The molecule has 1 N–H and O–H groups in total. The van der Waals surface area contributed by atoms with E-state index in [1.54, 1.807) is 12.1 Å². The number of benzene rings is 1. The molecule has 1 heterocycles. The van der Waals surface area contributed by atoms with Crippen LogP contribution in [0.4, 0.5) is 0 Å². The number of nitrogens with zero attached hydrogens (tertiary/aromatic N) is 1. The molecule has 2 rings (SSSR count). The predicted octanol–water partition coefficient (Wildman–Crippen LogP) is 1.94. The summed E-state index contributed by atoms with van der Waals surface area (Å²) < 4.78 is -0.0680. The first-order valence-corrected chi connectivity index (χ1v) is 7.35. The number of nitrogens with one attached hydrogen (secondary N) is 1. The smallest absolute Gasteiger partial charge is 0.261 e. The maximum absolute atomic E-state index is 12.0. The monoisotopic (exact) mass is 290 g/mol. The molecule has 1 aromatic carbocycles. The van der Waals surface area contributed by atoms with Crippen LogP contribution in [-0.2, 0) is 0 Å². The molecular weight excluding hydrogens is 272 g/mol. The van der Waals surface area contributed by atoms with E-state index in [0.717, 1.165) is 29.7 Å². The maximum atomic E-state index is 12.0. The van der Waals surface area contributed by atoms with Crippen molar-refractivity contribution in [3.63, 3.8) is 0 Å². The highest BCUT2D eigenvalue weighted by molar-refractivity contribution is 7.12. The SMILES string of the molecule is CN(C)CCCNC(=O)c1cc2ccccc2c(=O)s1. The second-order valence-electron chi connectivity index (χ2n) is 4.90. The molecule has 0 bridgehead atoms. The number of carbonyl (C=O) groups is 1. The fourth-order valence-corrected chi connectivity index (χ4v) is 2.78. The van der Waals surface area contributed by atoms with Gasteiger partial charge in [0.15, 0.2) is 0 Å². The van der Waals surface area contributed by atoms with Crippen LogP contribution in [0.15, 0.2) is 35.1 Å². The minimum absolute atomic E-state index is 0.0680. The van der Waals surface area contributed by atoms with Crippen LogP contribution < -0.4 is 10.1 Å². The van der Waals surface area contributed by atoms with E-state index in [9.17, 15) is 9.59 Å². The van der Waals surface area contributed by atoms with Crippen molar-refractivity contribution in [1.82, 2.24) is 10.2 Å². The number of hydrogen-bond donors (Lipinski definition) is 1. The Kier molecular flexibility index (Phi) is 4.87. The van der Waals surface area contributed by atoms with Crippen LogP contribution in [0.1, 0.15) is 16.1 Å². The van der Waals surface area contributed by atoms with Gasteiger partial charge in [0.25, 0.3) is 5.91 Å². The van der Waals surface area contributed by atoms with Crippen molar-refractivity contribution in [1.29, 1.82) is 0 Å². The predicted molar refractivity (Wildman–Crippen MR) is 83.6 cm³/mol. The Labute approximate surface area is 122 Å². The van der Waals surface area contributed by atoms with Gasteiger partial charge < -0.3 is 10.2 Å². The molecule has 0 spiro atoms. The third kappa shape index (κ3) is 3.65. The normalized spacial score (nSPS) is 10.9. The molecule has 1 aromatic heterocycles. The fourth-order valence-electron chi connectivity index (χ4n) is 1.93. The zero-order valence-electron chi connectivity index (χ0n) is 11.7. The number of hydrogen-bond acceptors (Lipinski definition) is 4. The van der Waals surface area contributed by atoms with Crippen LogP contribution in [0.2, 0.25) is 0 Å². The van der Waals surface area contributed by atoms with Crippen LogP contribution in [0.25, 0.3) is 10.8 Å². The molecule has 0 aliphatic heterocycles. The zero-order valence-corrected chi connectivity index (χ0v) is 12.5. The summed E-state index contributed by atoms with van der Waals surface area (Å²) in [5.74, 6) is -0.170. The van der Waals surface area contributed by atoms with Gasteiger partial charge in [-0.15, -0.1) is 0 Å². The van der Waals surface area contributed by atoms with E-state index in [4.69, 9.17) is 0 Å². The Bertz CT molecular complexity index is 664. The van der Waals surface area contributed by atoms with Crippen molar-refractivity contribution < 1.29 is 4.79 Å². The molecule has 0 aliphatic carbocycles. The average Bonchev–Trinajstić information content (AvgIpc) is 2.43. The molecule has 0 saturated carbocycles. The van der Waals surface area contributed by atoms with Crippen molar-refractivity contribution in [2.45, 2.75) is 6.42 Å². The van der Waals surface area contributed by atoms with Gasteiger partial charge in [-0.05, 0) is 44.6 Å². The Hall–Kier alpha value is -1.72. The molecule has 1 amide bonds. The molecule has 5 heteroatoms. The Balaban J connectivity index is 2.09. The van der Waals surface area contributed by atoms with E-state index >= 15 is 0 Å². The molecule has 0 radical (unpaired) electrons. The number of carbonyl (C=O) groups excluding carboxylic acids is 1. The van der Waals surface area contributed by atoms with Crippen LogP contribution in [-0.4, -0.2) is 38.0 Å². The lowest BCUT2D eigenvalue weighted by Gasteiger charge is -2.09. The number of amides is 1. The minimum atomic E-state index is -0.170. The van der Waals surface area contributed by atoms with Gasteiger partial charge in [0.1, 0.15) is 0 Å². The van der Waals surface area contributed by atoms with Crippen molar-refractivity contribution in [2.75, 3.05) is 27.2 Å². The lowest BCUT2D eigenvalue weighted by molar-refractivity contribution is 0.0956. The topological polar surface area (TPSA) is 49.4 Å². The number of rotatable bonds is 5. The highest BCUT2D eigenvalue weighted by atomic mass is 32.1. The van der Waals surface area contributed by atoms with Gasteiger partial charge in [-0.2, -0.15) is 0 Å². The summed E-state index contributed by atoms with van der Waals surface area (Å²) in [7, 11) is 3.99. The Morgan fingerprint density at radius 3 is 2.80 bits per heavy atom. The molecule has 20 heavy (non-hydrogen) atoms. The average molecular weight is 290 g/mol. The summed E-state index contributed by atoms with van der Waals surface area (Å²) >= 11 is 1.00. The van der Waals surface area contributed by atoms with E-state index in [1.165, 1.54) is 0 Å². The third-order valence-corrected chi connectivity index (χ3v) is 3.89. The Morgan fingerprint density at radius 1 is 1.30 bits per heavy atom. The van der Waals surface area contributed by atoms with Crippen molar-refractivity contribution >= 4 is 28.0 Å². The molecular formula is C15H18N2O2S. The molecule has 106 valence electrons. The summed E-state index contributed by atoms with van der Waals surface area (Å²) in [5, 5.41) is 4.33. The standard InChI is InChI=1S/C15H18N2O2S/c1-17(2)9-5-8-16-14(18)13-10-11-6-3-4-7-12(11)15(19)20-13/h3-4,6-7,10H,5,8-9H2,1-2H3,(H,16,18). The highest BCUT2D eigenvalue weighted by Crippen LogP contribution is 2.14. The lowest BCUT2D eigenvalue weighted by Crippen LogP contribution is -2.27. The largest absolute Gasteiger partial charge is 0.351 e. The van der Waals surface area contributed by atoms with Gasteiger partial charge in [0.05, 0.1) is 4.88 Å². The molecule has 0 saturated heterocycles. The summed E-state index contributed by atoms with van der Waals surface area (Å²) in [4.78, 5) is 26.5. The van der Waals surface area contributed by atoms with Gasteiger partial charge in [0, 0.05) is 11.9 Å². The minimum Gasteiger partial charge on any atom is -0.351 e. The van der Waals surface area contributed by atoms with Crippen LogP contribution in [0, 0.1) is 0 Å². The number of fused-ring (bicyclic) bond motifs is 1. The van der Waals surface area contributed by atoms with Gasteiger partial charge in [-0.1, -0.05) is 29.5 Å². The molecule has 0 aliphatic rings. The van der Waals surface area contributed by atoms with Gasteiger partial charge in [-0.3, -0.25) is 9.59 Å². The third-order valence-electron chi connectivity index (χ3n) is 2.96. The van der Waals surface area contributed by atoms with Crippen molar-refractivity contribution in [3.05, 3.63) is 44.7 Å². The quantitative estimate of drug-likeness (QED) is 0.856.